The Morgan fingerprint density at radius 1 is 0.861 bits per heavy atom. The van der Waals surface area contributed by atoms with Crippen LogP contribution in [-0.2, 0) is 14.4 Å². The zero-order chi connectivity index (χ0) is 25.0. The summed E-state index contributed by atoms with van der Waals surface area (Å²) >= 11 is 0. The van der Waals surface area contributed by atoms with Gasteiger partial charge in [0.15, 0.2) is 0 Å². The fourth-order valence-electron chi connectivity index (χ4n) is 5.57. The van der Waals surface area contributed by atoms with Crippen molar-refractivity contribution >= 4 is 40.9 Å². The fraction of sp³-hybridized carbons (Fsp3) is 0.148. The zero-order valence-electron chi connectivity index (χ0n) is 18.9. The van der Waals surface area contributed by atoms with Crippen LogP contribution < -0.4 is 10.2 Å². The molecule has 3 aromatic rings. The van der Waals surface area contributed by atoms with E-state index in [-0.39, 0.29) is 17.3 Å². The van der Waals surface area contributed by atoms with Gasteiger partial charge in [0.25, 0.3) is 5.69 Å². The van der Waals surface area contributed by atoms with E-state index in [1.807, 2.05) is 41.3 Å². The monoisotopic (exact) mass is 480 g/mol. The molecule has 0 unspecified atom stereocenters. The minimum Gasteiger partial charge on any atom is -0.357 e. The Morgan fingerprint density at radius 3 is 2.25 bits per heavy atom. The predicted octanol–water partition coefficient (Wildman–Crippen LogP) is 3.75. The Kier molecular flexibility index (Phi) is 4.92. The summed E-state index contributed by atoms with van der Waals surface area (Å²) in [5.74, 6) is -3.00. The first-order chi connectivity index (χ1) is 17.5. The molecule has 3 aliphatic heterocycles. The first-order valence-corrected chi connectivity index (χ1v) is 11.5. The zero-order valence-corrected chi connectivity index (χ0v) is 18.9. The van der Waals surface area contributed by atoms with E-state index in [2.05, 4.69) is 5.32 Å². The third kappa shape index (κ3) is 3.20. The molecule has 2 saturated heterocycles. The SMILES string of the molecule is O=C(Nc1ccccc1)[C@@H]1[C@H]2C(=O)N(c3ccc([N+](=O)[O-])cc3)C(=O)[C@@H]2[C@H]2c3ccccc3C=CN12. The van der Waals surface area contributed by atoms with Gasteiger partial charge in [-0.3, -0.25) is 24.5 Å². The molecule has 9 nitrogen and oxygen atoms in total. The molecule has 3 aromatic carbocycles. The van der Waals surface area contributed by atoms with Gasteiger partial charge in [0.2, 0.25) is 17.7 Å². The van der Waals surface area contributed by atoms with Crippen LogP contribution in [0.15, 0.2) is 85.1 Å². The number of para-hydroxylation sites is 1. The molecular weight excluding hydrogens is 460 g/mol. The number of imide groups is 1. The number of benzene rings is 3. The average Bonchev–Trinajstić information content (AvgIpc) is 3.37. The van der Waals surface area contributed by atoms with E-state index < -0.39 is 40.7 Å². The number of carbonyl (C=O) groups is 3. The number of nitrogens with zero attached hydrogens (tertiary/aromatic N) is 3. The molecule has 0 bridgehead atoms. The maximum atomic E-state index is 13.8. The fourth-order valence-corrected chi connectivity index (χ4v) is 5.57. The van der Waals surface area contributed by atoms with Crippen molar-refractivity contribution in [1.29, 1.82) is 0 Å². The van der Waals surface area contributed by atoms with Crippen molar-refractivity contribution in [1.82, 2.24) is 4.90 Å². The van der Waals surface area contributed by atoms with E-state index in [1.165, 1.54) is 24.3 Å². The Bertz CT molecular complexity index is 1440. The molecule has 3 heterocycles. The van der Waals surface area contributed by atoms with Crippen LogP contribution in [0.2, 0.25) is 0 Å². The van der Waals surface area contributed by atoms with Gasteiger partial charge in [-0.15, -0.1) is 0 Å². The quantitative estimate of drug-likeness (QED) is 0.346. The molecule has 9 heteroatoms. The lowest BCUT2D eigenvalue weighted by Crippen LogP contribution is -2.46. The molecule has 3 amide bonds. The maximum Gasteiger partial charge on any atom is 0.269 e. The molecule has 2 fully saturated rings. The van der Waals surface area contributed by atoms with Crippen LogP contribution in [0, 0.1) is 22.0 Å². The topological polar surface area (TPSA) is 113 Å². The highest BCUT2D eigenvalue weighted by Gasteiger charge is 2.64. The van der Waals surface area contributed by atoms with Crippen molar-refractivity contribution in [2.45, 2.75) is 12.1 Å². The standard InChI is InChI=1S/C27H20N4O5/c32-25(28-17-7-2-1-3-8-17)24-22-21(23-20-9-5-4-6-16(20)14-15-29(23)24)26(33)30(27(22)34)18-10-12-19(13-11-18)31(35)36/h1-15,21-24H,(H,28,32)/t21-,22-,23+,24-/m0/s1. The van der Waals surface area contributed by atoms with Gasteiger partial charge in [-0.05, 0) is 41.5 Å². The van der Waals surface area contributed by atoms with Crippen molar-refractivity contribution in [2.75, 3.05) is 10.2 Å². The normalized spacial score (nSPS) is 23.8. The number of fused-ring (bicyclic) bond motifs is 5. The number of nitrogens with one attached hydrogen (secondary N) is 1. The van der Waals surface area contributed by atoms with Crippen LogP contribution in [0.25, 0.3) is 6.08 Å². The summed E-state index contributed by atoms with van der Waals surface area (Å²) in [6.45, 7) is 0. The van der Waals surface area contributed by atoms with E-state index in [0.29, 0.717) is 5.69 Å². The first-order valence-electron chi connectivity index (χ1n) is 11.5. The van der Waals surface area contributed by atoms with Crippen molar-refractivity contribution in [3.05, 3.63) is 106 Å². The van der Waals surface area contributed by atoms with Gasteiger partial charge in [-0.1, -0.05) is 42.5 Å². The Hall–Kier alpha value is -4.79. The Labute approximate surface area is 205 Å². The van der Waals surface area contributed by atoms with Crippen molar-refractivity contribution in [3.63, 3.8) is 0 Å². The van der Waals surface area contributed by atoms with Gasteiger partial charge in [-0.2, -0.15) is 0 Å². The first kappa shape index (κ1) is 21.7. The summed E-state index contributed by atoms with van der Waals surface area (Å²) in [6, 6.07) is 20.5. The van der Waals surface area contributed by atoms with Gasteiger partial charge in [-0.25, -0.2) is 4.90 Å². The highest BCUT2D eigenvalue weighted by atomic mass is 16.6. The van der Waals surface area contributed by atoms with E-state index in [0.717, 1.165) is 16.0 Å². The Morgan fingerprint density at radius 2 is 1.53 bits per heavy atom. The second kappa shape index (κ2) is 8.16. The molecule has 36 heavy (non-hydrogen) atoms. The molecular formula is C27H20N4O5. The molecule has 4 atom stereocenters. The minimum atomic E-state index is -0.919. The summed E-state index contributed by atoms with van der Waals surface area (Å²) in [5.41, 5.74) is 2.49. The minimum absolute atomic E-state index is 0.143. The van der Waals surface area contributed by atoms with E-state index >= 15 is 0 Å². The van der Waals surface area contributed by atoms with E-state index in [1.54, 1.807) is 30.5 Å². The van der Waals surface area contributed by atoms with E-state index in [9.17, 15) is 24.5 Å². The van der Waals surface area contributed by atoms with Crippen LogP contribution in [0.5, 0.6) is 0 Å². The summed E-state index contributed by atoms with van der Waals surface area (Å²) in [7, 11) is 0. The van der Waals surface area contributed by atoms with Crippen LogP contribution >= 0.6 is 0 Å². The van der Waals surface area contributed by atoms with E-state index in [4.69, 9.17) is 0 Å². The molecule has 0 spiro atoms. The molecule has 3 aliphatic rings. The van der Waals surface area contributed by atoms with Gasteiger partial charge in [0, 0.05) is 24.0 Å². The van der Waals surface area contributed by atoms with Crippen molar-refractivity contribution in [3.8, 4) is 0 Å². The van der Waals surface area contributed by atoms with Crippen molar-refractivity contribution in [2.24, 2.45) is 11.8 Å². The highest BCUT2D eigenvalue weighted by molar-refractivity contribution is 6.24. The number of nitro groups is 1. The number of hydrogen-bond donors (Lipinski definition) is 1. The number of nitro benzene ring substituents is 1. The number of anilines is 2. The van der Waals surface area contributed by atoms with Gasteiger partial charge in [0.1, 0.15) is 6.04 Å². The Balaban J connectivity index is 1.43. The number of amides is 3. The number of rotatable bonds is 4. The predicted molar refractivity (Wildman–Crippen MR) is 131 cm³/mol. The smallest absolute Gasteiger partial charge is 0.269 e. The molecule has 0 aromatic heterocycles. The lowest BCUT2D eigenvalue weighted by atomic mass is 9.84. The van der Waals surface area contributed by atoms with Crippen molar-refractivity contribution < 1.29 is 19.3 Å². The second-order valence-corrected chi connectivity index (χ2v) is 8.97. The van der Waals surface area contributed by atoms with Gasteiger partial charge >= 0.3 is 0 Å². The van der Waals surface area contributed by atoms with Gasteiger partial charge < -0.3 is 10.2 Å². The average molecular weight is 480 g/mol. The second-order valence-electron chi connectivity index (χ2n) is 8.97. The molecule has 6 rings (SSSR count). The van der Waals surface area contributed by atoms with Crippen LogP contribution in [-0.4, -0.2) is 33.6 Å². The number of non-ortho nitro benzene ring substituents is 1. The molecule has 178 valence electrons. The molecule has 1 N–H and O–H groups in total. The molecule has 0 aliphatic carbocycles. The van der Waals surface area contributed by atoms with Crippen LogP contribution in [0.4, 0.5) is 17.1 Å². The number of hydrogen-bond acceptors (Lipinski definition) is 6. The molecule has 0 radical (unpaired) electrons. The summed E-state index contributed by atoms with van der Waals surface area (Å²) < 4.78 is 0. The van der Waals surface area contributed by atoms with Gasteiger partial charge in [0.05, 0.1) is 28.5 Å². The summed E-state index contributed by atoms with van der Waals surface area (Å²) in [5, 5.41) is 14.0. The van der Waals surface area contributed by atoms with Crippen LogP contribution in [0.3, 0.4) is 0 Å². The lowest BCUT2D eigenvalue weighted by Gasteiger charge is -2.35. The highest BCUT2D eigenvalue weighted by Crippen LogP contribution is 2.53. The summed E-state index contributed by atoms with van der Waals surface area (Å²) in [4.78, 5) is 54.6. The largest absolute Gasteiger partial charge is 0.357 e. The molecule has 0 saturated carbocycles. The van der Waals surface area contributed by atoms with Crippen LogP contribution in [0.1, 0.15) is 17.2 Å². The lowest BCUT2D eigenvalue weighted by molar-refractivity contribution is -0.384. The number of carbonyl (C=O) groups excluding carboxylic acids is 3. The maximum absolute atomic E-state index is 13.8. The summed E-state index contributed by atoms with van der Waals surface area (Å²) in [6.07, 6.45) is 3.68. The third-order valence-electron chi connectivity index (χ3n) is 7.09. The third-order valence-corrected chi connectivity index (χ3v) is 7.09.